The first-order valence-electron chi connectivity index (χ1n) is 8.53. The van der Waals surface area contributed by atoms with Gasteiger partial charge < -0.3 is 15.4 Å². The van der Waals surface area contributed by atoms with Crippen LogP contribution in [-0.2, 0) is 16.0 Å². The number of amides is 2. The summed E-state index contributed by atoms with van der Waals surface area (Å²) in [4.78, 5) is 29.0. The Morgan fingerprint density at radius 1 is 1.33 bits per heavy atom. The average Bonchev–Trinajstić information content (AvgIpc) is 2.96. The molecule has 0 spiro atoms. The zero-order chi connectivity index (χ0) is 20.2. The maximum absolute atomic E-state index is 13.6. The molecule has 27 heavy (non-hydrogen) atoms. The molecule has 1 heterocycles. The van der Waals surface area contributed by atoms with Gasteiger partial charge in [0, 0.05) is 17.5 Å². The Labute approximate surface area is 162 Å². The molecule has 2 N–H and O–H groups in total. The van der Waals surface area contributed by atoms with E-state index in [-0.39, 0.29) is 5.82 Å². The zero-order valence-corrected chi connectivity index (χ0v) is 16.9. The highest BCUT2D eigenvalue weighted by molar-refractivity contribution is 7.15. The quantitative estimate of drug-likeness (QED) is 0.804. The summed E-state index contributed by atoms with van der Waals surface area (Å²) in [5.41, 5.74) is 0.794. The van der Waals surface area contributed by atoms with Crippen LogP contribution in [0.25, 0.3) is 0 Å². The van der Waals surface area contributed by atoms with Gasteiger partial charge in [-0.1, -0.05) is 12.1 Å². The van der Waals surface area contributed by atoms with Crippen LogP contribution in [0, 0.1) is 12.7 Å². The van der Waals surface area contributed by atoms with Crippen LogP contribution < -0.4 is 10.6 Å². The van der Waals surface area contributed by atoms with Gasteiger partial charge in [0.05, 0.1) is 0 Å². The SMILES string of the molecule is Cc1ccc(Cc2cnc(NC(=O)C(C)NC(=O)OC(C)(C)C)s2)cc1F. The number of hydrogen-bond donors (Lipinski definition) is 2. The molecule has 0 aliphatic heterocycles. The van der Waals surface area contributed by atoms with Crippen LogP contribution in [0.2, 0.25) is 0 Å². The fraction of sp³-hybridized carbons (Fsp3) is 0.421. The molecule has 0 saturated heterocycles. The fourth-order valence-corrected chi connectivity index (χ4v) is 3.01. The number of carbonyl (C=O) groups excluding carboxylic acids is 2. The summed E-state index contributed by atoms with van der Waals surface area (Å²) in [5.74, 6) is -0.643. The molecule has 1 unspecified atom stereocenters. The zero-order valence-electron chi connectivity index (χ0n) is 16.1. The van der Waals surface area contributed by atoms with E-state index in [0.29, 0.717) is 17.1 Å². The molecule has 146 valence electrons. The van der Waals surface area contributed by atoms with Gasteiger partial charge in [-0.2, -0.15) is 0 Å². The number of nitrogens with zero attached hydrogens (tertiary/aromatic N) is 1. The number of rotatable bonds is 5. The van der Waals surface area contributed by atoms with Crippen molar-refractivity contribution in [3.05, 3.63) is 46.2 Å². The van der Waals surface area contributed by atoms with Gasteiger partial charge in [0.25, 0.3) is 0 Å². The maximum atomic E-state index is 13.6. The number of halogens is 1. The number of anilines is 1. The first-order valence-corrected chi connectivity index (χ1v) is 9.35. The fourth-order valence-electron chi connectivity index (χ4n) is 2.16. The van der Waals surface area contributed by atoms with Crippen LogP contribution in [0.3, 0.4) is 0 Å². The lowest BCUT2D eigenvalue weighted by molar-refractivity contribution is -0.117. The molecule has 0 fully saturated rings. The van der Waals surface area contributed by atoms with Crippen molar-refractivity contribution in [2.75, 3.05) is 5.32 Å². The van der Waals surface area contributed by atoms with E-state index in [2.05, 4.69) is 15.6 Å². The summed E-state index contributed by atoms with van der Waals surface area (Å²) in [6, 6.07) is 4.32. The van der Waals surface area contributed by atoms with Crippen molar-refractivity contribution >= 4 is 28.5 Å². The molecule has 0 saturated carbocycles. The highest BCUT2D eigenvalue weighted by atomic mass is 32.1. The Morgan fingerprint density at radius 2 is 2.04 bits per heavy atom. The van der Waals surface area contributed by atoms with Crippen molar-refractivity contribution < 1.29 is 18.7 Å². The lowest BCUT2D eigenvalue weighted by Crippen LogP contribution is -2.43. The number of ether oxygens (including phenoxy) is 1. The molecular weight excluding hydrogens is 369 g/mol. The predicted molar refractivity (Wildman–Crippen MR) is 104 cm³/mol. The largest absolute Gasteiger partial charge is 0.444 e. The minimum Gasteiger partial charge on any atom is -0.444 e. The third-order valence-corrected chi connectivity index (χ3v) is 4.44. The van der Waals surface area contributed by atoms with Crippen LogP contribution in [0.5, 0.6) is 0 Å². The van der Waals surface area contributed by atoms with Crippen molar-refractivity contribution in [2.24, 2.45) is 0 Å². The first-order chi connectivity index (χ1) is 12.5. The second kappa shape index (κ2) is 8.47. The van der Waals surface area contributed by atoms with E-state index in [4.69, 9.17) is 4.74 Å². The molecule has 1 aromatic heterocycles. The molecule has 1 aromatic carbocycles. The van der Waals surface area contributed by atoms with Crippen molar-refractivity contribution in [3.8, 4) is 0 Å². The monoisotopic (exact) mass is 393 g/mol. The van der Waals surface area contributed by atoms with Gasteiger partial charge in [0.15, 0.2) is 5.13 Å². The van der Waals surface area contributed by atoms with E-state index < -0.39 is 23.6 Å². The number of thiazole rings is 1. The van der Waals surface area contributed by atoms with Crippen LogP contribution in [0.1, 0.15) is 43.7 Å². The van der Waals surface area contributed by atoms with Gasteiger partial charge in [-0.05, 0) is 51.8 Å². The predicted octanol–water partition coefficient (Wildman–Crippen LogP) is 4.03. The van der Waals surface area contributed by atoms with E-state index in [9.17, 15) is 14.0 Å². The van der Waals surface area contributed by atoms with Crippen molar-refractivity contribution in [2.45, 2.75) is 52.7 Å². The lowest BCUT2D eigenvalue weighted by atomic mass is 10.1. The van der Waals surface area contributed by atoms with Crippen LogP contribution in [0.15, 0.2) is 24.4 Å². The van der Waals surface area contributed by atoms with Gasteiger partial charge >= 0.3 is 6.09 Å². The molecule has 2 amide bonds. The first kappa shape index (κ1) is 20.8. The number of hydrogen-bond acceptors (Lipinski definition) is 5. The average molecular weight is 393 g/mol. The summed E-state index contributed by atoms with van der Waals surface area (Å²) in [7, 11) is 0. The minimum atomic E-state index is -0.779. The molecule has 6 nitrogen and oxygen atoms in total. The van der Waals surface area contributed by atoms with Gasteiger partial charge in [-0.3, -0.25) is 4.79 Å². The van der Waals surface area contributed by atoms with Gasteiger partial charge in [0.1, 0.15) is 17.5 Å². The van der Waals surface area contributed by atoms with E-state index in [0.717, 1.165) is 10.4 Å². The van der Waals surface area contributed by atoms with Crippen molar-refractivity contribution in [1.82, 2.24) is 10.3 Å². The molecule has 2 rings (SSSR count). The summed E-state index contributed by atoms with van der Waals surface area (Å²) in [5, 5.41) is 5.55. The van der Waals surface area contributed by atoms with Gasteiger partial charge in [-0.25, -0.2) is 14.2 Å². The summed E-state index contributed by atoms with van der Waals surface area (Å²) in [6.45, 7) is 8.51. The number of nitrogens with one attached hydrogen (secondary N) is 2. The van der Waals surface area contributed by atoms with Crippen LogP contribution in [-0.4, -0.2) is 28.6 Å². The Kier molecular flexibility index (Phi) is 6.54. The van der Waals surface area contributed by atoms with Gasteiger partial charge in [-0.15, -0.1) is 11.3 Å². The molecule has 1 atom stereocenters. The van der Waals surface area contributed by atoms with Crippen LogP contribution >= 0.6 is 11.3 Å². The molecule has 0 aliphatic rings. The highest BCUT2D eigenvalue weighted by Gasteiger charge is 2.21. The van der Waals surface area contributed by atoms with Gasteiger partial charge in [0.2, 0.25) is 5.91 Å². The molecular formula is C19H24FN3O3S. The molecule has 0 radical (unpaired) electrons. The Bertz CT molecular complexity index is 830. The number of benzene rings is 1. The molecule has 8 heteroatoms. The summed E-state index contributed by atoms with van der Waals surface area (Å²) in [6.07, 6.45) is 1.51. The third-order valence-electron chi connectivity index (χ3n) is 3.52. The smallest absolute Gasteiger partial charge is 0.408 e. The maximum Gasteiger partial charge on any atom is 0.408 e. The number of aromatic nitrogens is 1. The second-order valence-corrected chi connectivity index (χ2v) is 8.36. The molecule has 0 aliphatic carbocycles. The number of carbonyl (C=O) groups is 2. The highest BCUT2D eigenvalue weighted by Crippen LogP contribution is 2.22. The van der Waals surface area contributed by atoms with E-state index in [1.807, 2.05) is 6.07 Å². The minimum absolute atomic E-state index is 0.243. The summed E-state index contributed by atoms with van der Waals surface area (Å²) < 4.78 is 18.8. The molecule has 2 aromatic rings. The standard InChI is InChI=1S/C19H24FN3O3S/c1-11-6-7-13(9-15(11)20)8-14-10-21-17(27-14)23-16(24)12(2)22-18(25)26-19(3,4)5/h6-7,9-10,12H,8H2,1-5H3,(H,22,25)(H,21,23,24). The van der Waals surface area contributed by atoms with Crippen molar-refractivity contribution in [1.29, 1.82) is 0 Å². The van der Waals surface area contributed by atoms with Crippen molar-refractivity contribution in [3.63, 3.8) is 0 Å². The second-order valence-electron chi connectivity index (χ2n) is 7.25. The number of aryl methyl sites for hydroxylation is 1. The topological polar surface area (TPSA) is 80.3 Å². The van der Waals surface area contributed by atoms with E-state index in [1.54, 1.807) is 46.9 Å². The Hall–Kier alpha value is -2.48. The van der Waals surface area contributed by atoms with E-state index in [1.165, 1.54) is 17.4 Å². The lowest BCUT2D eigenvalue weighted by Gasteiger charge is -2.21. The van der Waals surface area contributed by atoms with E-state index >= 15 is 0 Å². The number of alkyl carbamates (subject to hydrolysis) is 1. The summed E-state index contributed by atoms with van der Waals surface area (Å²) >= 11 is 1.30. The van der Waals surface area contributed by atoms with Crippen LogP contribution in [0.4, 0.5) is 14.3 Å². The third kappa shape index (κ3) is 6.63. The normalized spacial score (nSPS) is 12.4. The Morgan fingerprint density at radius 3 is 2.67 bits per heavy atom. The Balaban J connectivity index is 1.91. The molecule has 0 bridgehead atoms.